The van der Waals surface area contributed by atoms with Crippen molar-refractivity contribution in [2.45, 2.75) is 44.4 Å². The lowest BCUT2D eigenvalue weighted by Crippen LogP contribution is -2.49. The quantitative estimate of drug-likeness (QED) is 0.260. The summed E-state index contributed by atoms with van der Waals surface area (Å²) in [7, 11) is 0. The summed E-state index contributed by atoms with van der Waals surface area (Å²) in [5.74, 6) is -1.06. The van der Waals surface area contributed by atoms with Crippen LogP contribution in [0.5, 0.6) is 5.75 Å². The first-order valence-electron chi connectivity index (χ1n) is 14.7. The van der Waals surface area contributed by atoms with Gasteiger partial charge in [0.1, 0.15) is 17.2 Å². The number of nitrogens with zero attached hydrogens (tertiary/aromatic N) is 1. The highest BCUT2D eigenvalue weighted by atomic mass is 16.5. The molecule has 1 spiro atoms. The zero-order valence-electron chi connectivity index (χ0n) is 24.3. The Balaban J connectivity index is 1.47. The molecule has 0 bridgehead atoms. The van der Waals surface area contributed by atoms with Crippen molar-refractivity contribution in [1.82, 2.24) is 4.90 Å². The molecular formula is C37H32N2O4. The van der Waals surface area contributed by atoms with E-state index >= 15 is 0 Å². The number of Topliss-reactive ketones (excluding diaryl/α,β-unsaturated/α-hetero) is 2. The van der Waals surface area contributed by atoms with E-state index in [-0.39, 0.29) is 23.6 Å². The molecule has 1 N–H and O–H groups in total. The number of hydrogen-bond acceptors (Lipinski definition) is 5. The molecule has 7 rings (SSSR count). The third-order valence-electron chi connectivity index (χ3n) is 8.97. The van der Waals surface area contributed by atoms with Crippen molar-refractivity contribution in [2.75, 3.05) is 5.32 Å². The maximum Gasteiger partial charge on any atom is 0.238 e. The smallest absolute Gasteiger partial charge is 0.238 e. The highest BCUT2D eigenvalue weighted by molar-refractivity contribution is 6.16. The average Bonchev–Trinajstić information content (AvgIpc) is 3.49. The Morgan fingerprint density at radius 3 is 2.23 bits per heavy atom. The first kappa shape index (κ1) is 26.9. The van der Waals surface area contributed by atoms with E-state index in [9.17, 15) is 14.4 Å². The number of ketones is 2. The molecule has 1 fully saturated rings. The molecule has 0 saturated carbocycles. The molecule has 0 aromatic heterocycles. The van der Waals surface area contributed by atoms with E-state index in [1.807, 2.05) is 98.6 Å². The molecule has 0 aliphatic carbocycles. The molecule has 3 heterocycles. The third kappa shape index (κ3) is 4.04. The zero-order valence-corrected chi connectivity index (χ0v) is 24.3. The first-order chi connectivity index (χ1) is 20.8. The van der Waals surface area contributed by atoms with E-state index in [1.54, 1.807) is 36.4 Å². The molecule has 0 radical (unpaired) electrons. The van der Waals surface area contributed by atoms with Gasteiger partial charge in [0, 0.05) is 23.0 Å². The second kappa shape index (κ2) is 10.1. The molecule has 1 amide bonds. The van der Waals surface area contributed by atoms with Crippen LogP contribution in [-0.2, 0) is 10.2 Å². The number of amides is 1. The molecule has 6 nitrogen and oxygen atoms in total. The normalized spacial score (nSPS) is 23.1. The van der Waals surface area contributed by atoms with Gasteiger partial charge in [-0.2, -0.15) is 0 Å². The Kier molecular flexibility index (Phi) is 6.31. The minimum absolute atomic E-state index is 0.00647. The first-order valence-corrected chi connectivity index (χ1v) is 14.7. The van der Waals surface area contributed by atoms with Gasteiger partial charge in [0.15, 0.2) is 11.6 Å². The minimum atomic E-state index is -1.35. The van der Waals surface area contributed by atoms with Crippen LogP contribution in [0, 0.1) is 12.8 Å². The van der Waals surface area contributed by atoms with Crippen LogP contribution >= 0.6 is 0 Å². The number of benzene rings is 4. The fourth-order valence-electron chi connectivity index (χ4n) is 7.21. The molecule has 214 valence electrons. The number of anilines is 1. The summed E-state index contributed by atoms with van der Waals surface area (Å²) >= 11 is 0. The number of ether oxygens (including phenoxy) is 1. The second-order valence-electron chi connectivity index (χ2n) is 11.9. The number of para-hydroxylation sites is 1. The Morgan fingerprint density at radius 2 is 1.49 bits per heavy atom. The van der Waals surface area contributed by atoms with Crippen LogP contribution in [0.2, 0.25) is 0 Å². The lowest BCUT2D eigenvalue weighted by Gasteiger charge is -2.38. The Bertz CT molecular complexity index is 1790. The monoisotopic (exact) mass is 568 g/mol. The van der Waals surface area contributed by atoms with Crippen molar-refractivity contribution in [2.24, 2.45) is 5.92 Å². The van der Waals surface area contributed by atoms with Crippen molar-refractivity contribution in [1.29, 1.82) is 0 Å². The van der Waals surface area contributed by atoms with E-state index in [0.717, 1.165) is 22.3 Å². The average molecular weight is 569 g/mol. The van der Waals surface area contributed by atoms with Gasteiger partial charge in [0.2, 0.25) is 5.91 Å². The minimum Gasteiger partial charge on any atom is -0.491 e. The van der Waals surface area contributed by atoms with Crippen LogP contribution in [0.25, 0.3) is 6.08 Å². The SMILES string of the molecule is Cc1ccc(C(=O)[C@H]2[C@H](C(=O)c3ccc(OC(C)C)cc3)N3C=Cc4ccccc4[C@@H]3[C@]23C(=O)Nc2ccccc23)cc1. The van der Waals surface area contributed by atoms with E-state index in [0.29, 0.717) is 22.6 Å². The maximum atomic E-state index is 14.8. The lowest BCUT2D eigenvalue weighted by molar-refractivity contribution is -0.122. The number of carbonyl (C=O) groups excluding carboxylic acids is 3. The van der Waals surface area contributed by atoms with Gasteiger partial charge in [-0.25, -0.2) is 0 Å². The molecule has 3 aliphatic heterocycles. The number of carbonyl (C=O) groups is 3. The molecule has 3 aliphatic rings. The van der Waals surface area contributed by atoms with Crippen LogP contribution in [0.4, 0.5) is 5.69 Å². The number of hydrogen-bond donors (Lipinski definition) is 1. The Labute approximate surface area is 251 Å². The molecule has 6 heteroatoms. The zero-order chi connectivity index (χ0) is 29.9. The number of aryl methyl sites for hydroxylation is 1. The third-order valence-corrected chi connectivity index (χ3v) is 8.97. The van der Waals surface area contributed by atoms with E-state index in [4.69, 9.17) is 4.74 Å². The van der Waals surface area contributed by atoms with Crippen LogP contribution < -0.4 is 10.1 Å². The Morgan fingerprint density at radius 1 is 0.837 bits per heavy atom. The lowest BCUT2D eigenvalue weighted by atomic mass is 9.62. The van der Waals surface area contributed by atoms with Gasteiger partial charge in [0.05, 0.1) is 18.1 Å². The fourth-order valence-corrected chi connectivity index (χ4v) is 7.21. The van der Waals surface area contributed by atoms with Crippen LogP contribution in [0.3, 0.4) is 0 Å². The largest absolute Gasteiger partial charge is 0.491 e. The summed E-state index contributed by atoms with van der Waals surface area (Å²) < 4.78 is 5.82. The summed E-state index contributed by atoms with van der Waals surface area (Å²) in [5.41, 5.74) is 3.89. The highest BCUT2D eigenvalue weighted by Crippen LogP contribution is 2.62. The topological polar surface area (TPSA) is 75.7 Å². The van der Waals surface area contributed by atoms with Gasteiger partial charge in [-0.1, -0.05) is 72.3 Å². The van der Waals surface area contributed by atoms with E-state index in [1.165, 1.54) is 0 Å². The molecule has 0 unspecified atom stereocenters. The maximum absolute atomic E-state index is 14.8. The molecule has 4 aromatic rings. The summed E-state index contributed by atoms with van der Waals surface area (Å²) in [6.07, 6.45) is 3.86. The highest BCUT2D eigenvalue weighted by Gasteiger charge is 2.70. The summed E-state index contributed by atoms with van der Waals surface area (Å²) in [5, 5.41) is 3.09. The molecular weight excluding hydrogens is 536 g/mol. The number of fused-ring (bicyclic) bond motifs is 6. The summed E-state index contributed by atoms with van der Waals surface area (Å²) in [4.78, 5) is 46.0. The summed E-state index contributed by atoms with van der Waals surface area (Å²) in [6, 6.07) is 28.4. The predicted molar refractivity (Wildman–Crippen MR) is 166 cm³/mol. The Hall–Kier alpha value is -4.97. The van der Waals surface area contributed by atoms with Crippen molar-refractivity contribution >= 4 is 29.2 Å². The number of rotatable bonds is 6. The molecule has 43 heavy (non-hydrogen) atoms. The van der Waals surface area contributed by atoms with Gasteiger partial charge >= 0.3 is 0 Å². The second-order valence-corrected chi connectivity index (χ2v) is 11.9. The van der Waals surface area contributed by atoms with E-state index in [2.05, 4.69) is 5.32 Å². The standard InChI is InChI=1S/C37H32N2O4/c1-22(2)43-27-18-16-26(17-19-27)34(41)32-31(33(40)25-14-12-23(3)13-15-25)37(29-10-6-7-11-30(29)38-36(37)42)35-28-9-5-4-8-24(28)20-21-39(32)35/h4-22,31-32,35H,1-3H3,(H,38,42)/t31-,32-,35-,37-/m1/s1. The van der Waals surface area contributed by atoms with Gasteiger partial charge in [-0.05, 0) is 73.9 Å². The van der Waals surface area contributed by atoms with Gasteiger partial charge in [-0.15, -0.1) is 0 Å². The van der Waals surface area contributed by atoms with Crippen LogP contribution in [0.15, 0.2) is 103 Å². The van der Waals surface area contributed by atoms with Crippen LogP contribution in [-0.4, -0.2) is 34.5 Å². The van der Waals surface area contributed by atoms with E-state index < -0.39 is 23.4 Å². The fraction of sp³-hybridized carbons (Fsp3) is 0.216. The molecule has 4 aromatic carbocycles. The predicted octanol–water partition coefficient (Wildman–Crippen LogP) is 6.76. The van der Waals surface area contributed by atoms with Crippen LogP contribution in [0.1, 0.15) is 62.9 Å². The van der Waals surface area contributed by atoms with Crippen molar-refractivity contribution < 1.29 is 19.1 Å². The molecule has 1 saturated heterocycles. The van der Waals surface area contributed by atoms with Gasteiger partial charge in [0.25, 0.3) is 0 Å². The molecule has 4 atom stereocenters. The van der Waals surface area contributed by atoms with Crippen molar-refractivity contribution in [3.63, 3.8) is 0 Å². The summed E-state index contributed by atoms with van der Waals surface area (Å²) in [6.45, 7) is 5.86. The number of nitrogens with one attached hydrogen (secondary N) is 1. The van der Waals surface area contributed by atoms with Gasteiger partial charge in [-0.3, -0.25) is 14.4 Å². The van der Waals surface area contributed by atoms with Crippen molar-refractivity contribution in [3.8, 4) is 5.75 Å². The van der Waals surface area contributed by atoms with Gasteiger partial charge < -0.3 is 15.0 Å². The van der Waals surface area contributed by atoms with Crippen molar-refractivity contribution in [3.05, 3.63) is 137 Å².